The maximum atomic E-state index is 5.91. The number of pyridine rings is 1. The molecule has 0 aliphatic heterocycles. The zero-order valence-electron chi connectivity index (χ0n) is 11.5. The molecule has 1 aromatic heterocycles. The number of nitrogens with zero attached hydrogens (tertiary/aromatic N) is 1. The van der Waals surface area contributed by atoms with E-state index < -0.39 is 0 Å². The van der Waals surface area contributed by atoms with Gasteiger partial charge in [0.05, 0.1) is 5.52 Å². The minimum Gasteiger partial charge on any atom is -0.489 e. The Hall–Kier alpha value is -2.35. The van der Waals surface area contributed by atoms with Crippen LogP contribution in [0.1, 0.15) is 18.1 Å². The molecule has 0 atom stereocenters. The van der Waals surface area contributed by atoms with E-state index in [2.05, 4.69) is 42.2 Å². The zero-order chi connectivity index (χ0) is 13.8. The molecule has 0 fully saturated rings. The first kappa shape index (κ1) is 12.7. The first-order chi connectivity index (χ1) is 9.86. The van der Waals surface area contributed by atoms with Crippen molar-refractivity contribution >= 4 is 10.9 Å². The Morgan fingerprint density at radius 3 is 2.65 bits per heavy atom. The zero-order valence-corrected chi connectivity index (χ0v) is 11.5. The molecular weight excluding hydrogens is 246 g/mol. The van der Waals surface area contributed by atoms with E-state index in [0.717, 1.165) is 23.1 Å². The van der Waals surface area contributed by atoms with Gasteiger partial charge in [-0.3, -0.25) is 4.98 Å². The third-order valence-corrected chi connectivity index (χ3v) is 3.47. The lowest BCUT2D eigenvalue weighted by Crippen LogP contribution is -1.99. The molecule has 100 valence electrons. The minimum atomic E-state index is 0.607. The highest BCUT2D eigenvalue weighted by atomic mass is 16.5. The SMILES string of the molecule is CCc1ccccc1COc1ccc2ncccc2c1. The van der Waals surface area contributed by atoms with E-state index in [4.69, 9.17) is 4.74 Å². The third kappa shape index (κ3) is 2.64. The maximum Gasteiger partial charge on any atom is 0.120 e. The summed E-state index contributed by atoms with van der Waals surface area (Å²) in [7, 11) is 0. The van der Waals surface area contributed by atoms with Gasteiger partial charge in [0.2, 0.25) is 0 Å². The van der Waals surface area contributed by atoms with Crippen molar-refractivity contribution in [2.45, 2.75) is 20.0 Å². The van der Waals surface area contributed by atoms with Crippen LogP contribution in [-0.2, 0) is 13.0 Å². The number of benzene rings is 2. The number of hydrogen-bond donors (Lipinski definition) is 0. The van der Waals surface area contributed by atoms with E-state index >= 15 is 0 Å². The highest BCUT2D eigenvalue weighted by Crippen LogP contribution is 2.20. The highest BCUT2D eigenvalue weighted by Gasteiger charge is 2.02. The summed E-state index contributed by atoms with van der Waals surface area (Å²) >= 11 is 0. The second-order valence-corrected chi connectivity index (χ2v) is 4.77. The Morgan fingerprint density at radius 1 is 0.950 bits per heavy atom. The monoisotopic (exact) mass is 263 g/mol. The molecule has 20 heavy (non-hydrogen) atoms. The van der Waals surface area contributed by atoms with Crippen LogP contribution in [0.5, 0.6) is 5.75 Å². The summed E-state index contributed by atoms with van der Waals surface area (Å²) in [6.07, 6.45) is 2.83. The van der Waals surface area contributed by atoms with Crippen molar-refractivity contribution in [3.63, 3.8) is 0 Å². The molecule has 2 nitrogen and oxygen atoms in total. The normalized spacial score (nSPS) is 10.7. The van der Waals surface area contributed by atoms with E-state index in [0.29, 0.717) is 6.61 Å². The Labute approximate surface area is 119 Å². The first-order valence-electron chi connectivity index (χ1n) is 6.91. The summed E-state index contributed by atoms with van der Waals surface area (Å²) < 4.78 is 5.91. The topological polar surface area (TPSA) is 22.1 Å². The number of fused-ring (bicyclic) bond motifs is 1. The summed E-state index contributed by atoms with van der Waals surface area (Å²) in [5, 5.41) is 1.11. The van der Waals surface area contributed by atoms with Crippen LogP contribution in [0.3, 0.4) is 0 Å². The number of rotatable bonds is 4. The quantitative estimate of drug-likeness (QED) is 0.697. The van der Waals surface area contributed by atoms with Gasteiger partial charge in [0.15, 0.2) is 0 Å². The molecular formula is C18H17NO. The van der Waals surface area contributed by atoms with E-state index in [1.54, 1.807) is 6.20 Å². The van der Waals surface area contributed by atoms with Crippen molar-refractivity contribution in [2.75, 3.05) is 0 Å². The molecule has 3 rings (SSSR count). The van der Waals surface area contributed by atoms with Gasteiger partial charge in [-0.2, -0.15) is 0 Å². The fourth-order valence-corrected chi connectivity index (χ4v) is 2.35. The average Bonchev–Trinajstić information content (AvgIpc) is 2.53. The van der Waals surface area contributed by atoms with E-state index in [1.165, 1.54) is 11.1 Å². The van der Waals surface area contributed by atoms with Gasteiger partial charge >= 0.3 is 0 Å². The van der Waals surface area contributed by atoms with Crippen molar-refractivity contribution in [2.24, 2.45) is 0 Å². The van der Waals surface area contributed by atoms with Gasteiger partial charge in [0.25, 0.3) is 0 Å². The van der Waals surface area contributed by atoms with Gasteiger partial charge in [0.1, 0.15) is 12.4 Å². The summed E-state index contributed by atoms with van der Waals surface area (Å²) in [6.45, 7) is 2.77. The number of aryl methyl sites for hydroxylation is 1. The fourth-order valence-electron chi connectivity index (χ4n) is 2.35. The van der Waals surface area contributed by atoms with Gasteiger partial charge in [-0.1, -0.05) is 37.3 Å². The Balaban J connectivity index is 1.79. The van der Waals surface area contributed by atoms with Crippen molar-refractivity contribution in [3.8, 4) is 5.75 Å². The molecule has 0 aliphatic rings. The van der Waals surface area contributed by atoms with Gasteiger partial charge in [0, 0.05) is 11.6 Å². The number of aromatic nitrogens is 1. The van der Waals surface area contributed by atoms with Crippen LogP contribution in [0, 0.1) is 0 Å². The van der Waals surface area contributed by atoms with Gasteiger partial charge < -0.3 is 4.74 Å². The maximum absolute atomic E-state index is 5.91. The lowest BCUT2D eigenvalue weighted by atomic mass is 10.1. The summed E-state index contributed by atoms with van der Waals surface area (Å²) in [5.74, 6) is 0.886. The average molecular weight is 263 g/mol. The van der Waals surface area contributed by atoms with E-state index in [-0.39, 0.29) is 0 Å². The fraction of sp³-hybridized carbons (Fsp3) is 0.167. The Bertz CT molecular complexity index is 721. The van der Waals surface area contributed by atoms with Crippen molar-refractivity contribution in [1.82, 2.24) is 4.98 Å². The summed E-state index contributed by atoms with van der Waals surface area (Å²) in [4.78, 5) is 4.31. The van der Waals surface area contributed by atoms with Gasteiger partial charge in [-0.15, -0.1) is 0 Å². The van der Waals surface area contributed by atoms with Crippen LogP contribution in [0.2, 0.25) is 0 Å². The van der Waals surface area contributed by atoms with Crippen LogP contribution in [0.15, 0.2) is 60.8 Å². The van der Waals surface area contributed by atoms with Crippen LogP contribution in [-0.4, -0.2) is 4.98 Å². The molecule has 0 bridgehead atoms. The van der Waals surface area contributed by atoms with E-state index in [9.17, 15) is 0 Å². The molecule has 3 aromatic rings. The largest absolute Gasteiger partial charge is 0.489 e. The molecule has 2 heteroatoms. The Morgan fingerprint density at radius 2 is 1.80 bits per heavy atom. The van der Waals surface area contributed by atoms with E-state index in [1.807, 2.05) is 24.3 Å². The molecule has 0 amide bonds. The number of ether oxygens (including phenoxy) is 1. The molecule has 0 spiro atoms. The van der Waals surface area contributed by atoms with Crippen LogP contribution >= 0.6 is 0 Å². The highest BCUT2D eigenvalue weighted by molar-refractivity contribution is 5.79. The molecule has 1 heterocycles. The first-order valence-corrected chi connectivity index (χ1v) is 6.91. The smallest absolute Gasteiger partial charge is 0.120 e. The third-order valence-electron chi connectivity index (χ3n) is 3.47. The molecule has 0 saturated heterocycles. The second kappa shape index (κ2) is 5.74. The van der Waals surface area contributed by atoms with Crippen LogP contribution in [0.25, 0.3) is 10.9 Å². The summed E-state index contributed by atoms with van der Waals surface area (Å²) in [6, 6.07) is 18.4. The van der Waals surface area contributed by atoms with Gasteiger partial charge in [-0.25, -0.2) is 0 Å². The standard InChI is InChI=1S/C18H17NO/c1-2-14-6-3-4-7-16(14)13-20-17-9-10-18-15(12-17)8-5-11-19-18/h3-12H,2,13H2,1H3. The molecule has 2 aromatic carbocycles. The molecule has 0 unspecified atom stereocenters. The second-order valence-electron chi connectivity index (χ2n) is 4.77. The minimum absolute atomic E-state index is 0.607. The molecule has 0 radical (unpaired) electrons. The predicted octanol–water partition coefficient (Wildman–Crippen LogP) is 4.38. The molecule has 0 aliphatic carbocycles. The van der Waals surface area contributed by atoms with Crippen molar-refractivity contribution in [3.05, 3.63) is 71.9 Å². The number of hydrogen-bond acceptors (Lipinski definition) is 2. The summed E-state index contributed by atoms with van der Waals surface area (Å²) in [5.41, 5.74) is 3.59. The van der Waals surface area contributed by atoms with Crippen LogP contribution < -0.4 is 4.74 Å². The Kier molecular flexibility index (Phi) is 3.64. The predicted molar refractivity (Wildman–Crippen MR) is 81.9 cm³/mol. The lowest BCUT2D eigenvalue weighted by Gasteiger charge is -2.10. The molecule has 0 saturated carbocycles. The van der Waals surface area contributed by atoms with Crippen molar-refractivity contribution < 1.29 is 4.74 Å². The van der Waals surface area contributed by atoms with Gasteiger partial charge in [-0.05, 0) is 41.8 Å². The lowest BCUT2D eigenvalue weighted by molar-refractivity contribution is 0.305. The van der Waals surface area contributed by atoms with Crippen LogP contribution in [0.4, 0.5) is 0 Å². The molecule has 0 N–H and O–H groups in total. The van der Waals surface area contributed by atoms with Crippen molar-refractivity contribution in [1.29, 1.82) is 0 Å².